The summed E-state index contributed by atoms with van der Waals surface area (Å²) < 4.78 is 0. The van der Waals surface area contributed by atoms with Gasteiger partial charge in [-0.15, -0.1) is 0 Å². The van der Waals surface area contributed by atoms with E-state index in [9.17, 15) is 9.59 Å². The monoisotopic (exact) mass is 240 g/mol. The fourth-order valence-corrected chi connectivity index (χ4v) is 1.85. The van der Waals surface area contributed by atoms with Gasteiger partial charge in [0.1, 0.15) is 0 Å². The van der Waals surface area contributed by atoms with Gasteiger partial charge in [0.05, 0.1) is 5.03 Å². The topological polar surface area (TPSA) is 34.1 Å². The number of halogens is 2. The van der Waals surface area contributed by atoms with Crippen LogP contribution >= 0.6 is 23.2 Å². The zero-order valence-corrected chi connectivity index (χ0v) is 9.32. The molecule has 1 aromatic rings. The summed E-state index contributed by atoms with van der Waals surface area (Å²) in [6.07, 6.45) is 0. The lowest BCUT2D eigenvalue weighted by Gasteiger charge is -2.15. The van der Waals surface area contributed by atoms with Crippen LogP contribution in [0.3, 0.4) is 0 Å². The highest BCUT2D eigenvalue weighted by atomic mass is 35.5. The van der Waals surface area contributed by atoms with E-state index in [0.717, 1.165) is 0 Å². The molecule has 0 N–H and O–H groups in total. The van der Waals surface area contributed by atoms with Crippen molar-refractivity contribution in [3.63, 3.8) is 0 Å². The van der Waals surface area contributed by atoms with Crippen LogP contribution in [0.5, 0.6) is 0 Å². The number of allylic oxidation sites excluding steroid dienone is 2. The van der Waals surface area contributed by atoms with Crippen molar-refractivity contribution < 1.29 is 9.59 Å². The van der Waals surface area contributed by atoms with E-state index in [4.69, 9.17) is 23.2 Å². The highest BCUT2D eigenvalue weighted by molar-refractivity contribution is 6.50. The van der Waals surface area contributed by atoms with Crippen molar-refractivity contribution in [1.82, 2.24) is 0 Å². The summed E-state index contributed by atoms with van der Waals surface area (Å²) in [5, 5.41) is 0.426. The molecule has 0 atom stereocenters. The van der Waals surface area contributed by atoms with Crippen LogP contribution in [0.2, 0.25) is 5.02 Å². The van der Waals surface area contributed by atoms with Crippen molar-refractivity contribution in [2.24, 2.45) is 0 Å². The average Bonchev–Trinajstić information content (AvgIpc) is 2.23. The maximum atomic E-state index is 11.8. The maximum absolute atomic E-state index is 11.8. The van der Waals surface area contributed by atoms with Gasteiger partial charge in [0.2, 0.25) is 5.78 Å². The molecule has 1 aromatic carbocycles. The molecule has 0 radical (unpaired) electrons. The molecule has 1 aliphatic carbocycles. The molecule has 2 nitrogen and oxygen atoms in total. The van der Waals surface area contributed by atoms with Gasteiger partial charge in [0.25, 0.3) is 0 Å². The van der Waals surface area contributed by atoms with Crippen LogP contribution in [0, 0.1) is 0 Å². The highest BCUT2D eigenvalue weighted by Gasteiger charge is 2.28. The minimum atomic E-state index is -0.319. The molecule has 2 rings (SSSR count). The Morgan fingerprint density at radius 2 is 1.67 bits per heavy atom. The molecule has 0 amide bonds. The average molecular weight is 241 g/mol. The van der Waals surface area contributed by atoms with Crippen LogP contribution < -0.4 is 0 Å². The number of carbonyl (C=O) groups is 2. The van der Waals surface area contributed by atoms with E-state index in [1.165, 1.54) is 19.1 Å². The van der Waals surface area contributed by atoms with Crippen LogP contribution in [0.1, 0.15) is 27.6 Å². The number of ketones is 2. The predicted octanol–water partition coefficient (Wildman–Crippen LogP) is 3.23. The minimum absolute atomic E-state index is 0.00479. The molecule has 15 heavy (non-hydrogen) atoms. The lowest BCUT2D eigenvalue weighted by Crippen LogP contribution is -2.18. The zero-order chi connectivity index (χ0) is 11.2. The van der Waals surface area contributed by atoms with E-state index in [-0.39, 0.29) is 22.2 Å². The van der Waals surface area contributed by atoms with Gasteiger partial charge >= 0.3 is 0 Å². The Hall–Kier alpha value is -1.12. The molecule has 76 valence electrons. The first-order valence-electron chi connectivity index (χ1n) is 4.27. The van der Waals surface area contributed by atoms with Gasteiger partial charge in [-0.3, -0.25) is 9.59 Å². The quantitative estimate of drug-likeness (QED) is 0.698. The SMILES string of the molecule is CC1=C(Cl)C(=O)c2ccc(Cl)cc2C1=O. The van der Waals surface area contributed by atoms with Crippen LogP contribution in [0.4, 0.5) is 0 Å². The van der Waals surface area contributed by atoms with Gasteiger partial charge in [0, 0.05) is 21.7 Å². The standard InChI is InChI=1S/C11H6Cl2O2/c1-5-9(13)11(15)7-3-2-6(12)4-8(7)10(5)14/h2-4H,1H3. The normalized spacial score (nSPS) is 15.7. The first kappa shape index (κ1) is 10.4. The lowest BCUT2D eigenvalue weighted by atomic mass is 9.90. The molecule has 0 heterocycles. The summed E-state index contributed by atoms with van der Waals surface area (Å²) in [7, 11) is 0. The third-order valence-corrected chi connectivity index (χ3v) is 3.03. The number of Topliss-reactive ketones (excluding diaryl/α,β-unsaturated/α-hetero) is 2. The van der Waals surface area contributed by atoms with Gasteiger partial charge in [-0.25, -0.2) is 0 Å². The third kappa shape index (κ3) is 1.50. The second-order valence-corrected chi connectivity index (χ2v) is 4.10. The predicted molar refractivity (Wildman–Crippen MR) is 58.7 cm³/mol. The Kier molecular flexibility index (Phi) is 2.41. The van der Waals surface area contributed by atoms with Crippen molar-refractivity contribution in [2.45, 2.75) is 6.92 Å². The Bertz CT molecular complexity index is 515. The number of benzene rings is 1. The van der Waals surface area contributed by atoms with Crippen molar-refractivity contribution in [3.05, 3.63) is 45.0 Å². The Balaban J connectivity index is 2.73. The van der Waals surface area contributed by atoms with Crippen molar-refractivity contribution in [1.29, 1.82) is 0 Å². The number of hydrogen-bond acceptors (Lipinski definition) is 2. The van der Waals surface area contributed by atoms with Crippen LogP contribution in [-0.2, 0) is 0 Å². The minimum Gasteiger partial charge on any atom is -0.289 e. The van der Waals surface area contributed by atoms with Crippen LogP contribution in [0.15, 0.2) is 28.8 Å². The fourth-order valence-electron chi connectivity index (χ4n) is 1.49. The molecule has 0 bridgehead atoms. The zero-order valence-electron chi connectivity index (χ0n) is 7.80. The van der Waals surface area contributed by atoms with Gasteiger partial charge in [-0.1, -0.05) is 23.2 Å². The van der Waals surface area contributed by atoms with E-state index in [0.29, 0.717) is 16.1 Å². The molecule has 0 fully saturated rings. The van der Waals surface area contributed by atoms with E-state index >= 15 is 0 Å². The van der Waals surface area contributed by atoms with E-state index < -0.39 is 0 Å². The molecule has 1 aliphatic rings. The maximum Gasteiger partial charge on any atom is 0.205 e. The first-order valence-corrected chi connectivity index (χ1v) is 5.03. The summed E-state index contributed by atoms with van der Waals surface area (Å²) in [5.74, 6) is -0.558. The largest absolute Gasteiger partial charge is 0.289 e. The van der Waals surface area contributed by atoms with Crippen molar-refractivity contribution >= 4 is 34.8 Å². The molecule has 4 heteroatoms. The van der Waals surface area contributed by atoms with Crippen molar-refractivity contribution in [3.8, 4) is 0 Å². The molecule has 0 aromatic heterocycles. The molecule has 0 saturated heterocycles. The third-order valence-electron chi connectivity index (χ3n) is 2.34. The molecular formula is C11H6Cl2O2. The van der Waals surface area contributed by atoms with Crippen molar-refractivity contribution in [2.75, 3.05) is 0 Å². The molecule has 0 saturated carbocycles. The van der Waals surface area contributed by atoms with Crippen LogP contribution in [0.25, 0.3) is 0 Å². The smallest absolute Gasteiger partial charge is 0.205 e. The summed E-state index contributed by atoms with van der Waals surface area (Å²) >= 11 is 11.5. The number of carbonyl (C=O) groups excluding carboxylic acids is 2. The second-order valence-electron chi connectivity index (χ2n) is 3.29. The Labute approximate surface area is 96.5 Å². The van der Waals surface area contributed by atoms with E-state index in [2.05, 4.69) is 0 Å². The summed E-state index contributed by atoms with van der Waals surface area (Å²) in [6, 6.07) is 4.58. The Morgan fingerprint density at radius 3 is 2.33 bits per heavy atom. The highest BCUT2D eigenvalue weighted by Crippen LogP contribution is 2.29. The molecular weight excluding hydrogens is 235 g/mol. The van der Waals surface area contributed by atoms with Gasteiger partial charge < -0.3 is 0 Å². The molecule has 0 aliphatic heterocycles. The summed E-state index contributed by atoms with van der Waals surface area (Å²) in [6.45, 7) is 1.53. The van der Waals surface area contributed by atoms with E-state index in [1.54, 1.807) is 6.07 Å². The number of hydrogen-bond donors (Lipinski definition) is 0. The molecule has 0 spiro atoms. The fraction of sp³-hybridized carbons (Fsp3) is 0.0909. The van der Waals surface area contributed by atoms with E-state index in [1.807, 2.05) is 0 Å². The second kappa shape index (κ2) is 3.47. The molecule has 0 unspecified atom stereocenters. The Morgan fingerprint density at radius 1 is 1.00 bits per heavy atom. The first-order chi connectivity index (χ1) is 7.02. The van der Waals surface area contributed by atoms with Gasteiger partial charge in [-0.2, -0.15) is 0 Å². The number of fused-ring (bicyclic) bond motifs is 1. The summed E-state index contributed by atoms with van der Waals surface area (Å²) in [4.78, 5) is 23.5. The number of rotatable bonds is 0. The summed E-state index contributed by atoms with van der Waals surface area (Å²) in [5.41, 5.74) is 0.922. The van der Waals surface area contributed by atoms with Gasteiger partial charge in [0.15, 0.2) is 5.78 Å². The lowest BCUT2D eigenvalue weighted by molar-refractivity contribution is 0.0981. The van der Waals surface area contributed by atoms with Gasteiger partial charge in [-0.05, 0) is 25.1 Å². The van der Waals surface area contributed by atoms with Crippen LogP contribution in [-0.4, -0.2) is 11.6 Å².